The molecule has 40 heavy (non-hydrogen) atoms. The summed E-state index contributed by atoms with van der Waals surface area (Å²) in [5, 5.41) is 0. The number of hydrogen-bond acceptors (Lipinski definition) is 7. The summed E-state index contributed by atoms with van der Waals surface area (Å²) >= 11 is 0. The molecule has 0 aliphatic carbocycles. The number of nitrogens with zero attached hydrogens (tertiary/aromatic N) is 5. The number of carbonyl (C=O) groups is 1. The fraction of sp³-hybridized carbons (Fsp3) is 0.226. The van der Waals surface area contributed by atoms with Crippen molar-refractivity contribution < 1.29 is 13.9 Å². The fourth-order valence-electron chi connectivity index (χ4n) is 5.30. The number of nitrogens with two attached hydrogens (primary N) is 1. The predicted octanol–water partition coefficient (Wildman–Crippen LogP) is 5.26. The molecule has 2 aromatic carbocycles. The van der Waals surface area contributed by atoms with Gasteiger partial charge in [0.15, 0.2) is 11.5 Å². The maximum Gasteiger partial charge on any atom is 0.308 e. The summed E-state index contributed by atoms with van der Waals surface area (Å²) in [7, 11) is 1.42. The quantitative estimate of drug-likeness (QED) is 0.296. The van der Waals surface area contributed by atoms with E-state index in [0.29, 0.717) is 72.1 Å². The van der Waals surface area contributed by atoms with Gasteiger partial charge in [-0.1, -0.05) is 36.4 Å². The highest BCUT2D eigenvalue weighted by molar-refractivity contribution is 5.84. The number of benzene rings is 2. The molecule has 6 rings (SSSR count). The van der Waals surface area contributed by atoms with E-state index in [1.807, 2.05) is 59.2 Å². The number of imidazole rings is 1. The molecular formula is C31H29FN6O2. The number of ether oxygens (including phenoxy) is 1. The molecule has 1 aliphatic heterocycles. The van der Waals surface area contributed by atoms with Crippen LogP contribution in [0.1, 0.15) is 18.4 Å². The summed E-state index contributed by atoms with van der Waals surface area (Å²) in [5.41, 5.74) is 11.1. The summed E-state index contributed by atoms with van der Waals surface area (Å²) < 4.78 is 22.3. The van der Waals surface area contributed by atoms with Gasteiger partial charge in [-0.05, 0) is 62.3 Å². The van der Waals surface area contributed by atoms with Crippen molar-refractivity contribution in [3.05, 3.63) is 90.4 Å². The maximum absolute atomic E-state index is 15.6. The highest BCUT2D eigenvalue weighted by Crippen LogP contribution is 2.32. The normalized spacial score (nSPS) is 14.4. The first-order valence-electron chi connectivity index (χ1n) is 13.3. The van der Waals surface area contributed by atoms with Crippen molar-refractivity contribution in [1.29, 1.82) is 0 Å². The lowest BCUT2D eigenvalue weighted by Crippen LogP contribution is -2.36. The number of aromatic nitrogens is 4. The highest BCUT2D eigenvalue weighted by atomic mass is 19.1. The van der Waals surface area contributed by atoms with Gasteiger partial charge in [0.2, 0.25) is 0 Å². The van der Waals surface area contributed by atoms with E-state index in [9.17, 15) is 4.79 Å². The first-order valence-corrected chi connectivity index (χ1v) is 13.3. The van der Waals surface area contributed by atoms with Crippen LogP contribution in [0.25, 0.3) is 39.5 Å². The Morgan fingerprint density at radius 3 is 2.55 bits per heavy atom. The third-order valence-corrected chi connectivity index (χ3v) is 7.46. The number of likely N-dealkylation sites (tertiary alicyclic amines) is 1. The van der Waals surface area contributed by atoms with Crippen LogP contribution in [-0.4, -0.2) is 50.6 Å². The van der Waals surface area contributed by atoms with Crippen LogP contribution in [-0.2, 0) is 16.1 Å². The predicted molar refractivity (Wildman–Crippen MR) is 152 cm³/mol. The van der Waals surface area contributed by atoms with Gasteiger partial charge in [0.25, 0.3) is 0 Å². The average Bonchev–Trinajstić information content (AvgIpc) is 3.37. The monoisotopic (exact) mass is 536 g/mol. The van der Waals surface area contributed by atoms with Gasteiger partial charge in [-0.2, -0.15) is 0 Å². The van der Waals surface area contributed by atoms with Crippen molar-refractivity contribution in [3.63, 3.8) is 0 Å². The van der Waals surface area contributed by atoms with Crippen LogP contribution in [0.3, 0.4) is 0 Å². The lowest BCUT2D eigenvalue weighted by Gasteiger charge is -2.30. The molecule has 0 amide bonds. The molecule has 4 heterocycles. The number of anilines is 1. The molecule has 0 radical (unpaired) electrons. The van der Waals surface area contributed by atoms with Crippen LogP contribution in [0.15, 0.2) is 79.0 Å². The molecule has 0 saturated carbocycles. The van der Waals surface area contributed by atoms with E-state index < -0.39 is 0 Å². The van der Waals surface area contributed by atoms with Gasteiger partial charge in [0.1, 0.15) is 17.2 Å². The van der Waals surface area contributed by atoms with Gasteiger partial charge < -0.3 is 10.5 Å². The Kier molecular flexibility index (Phi) is 6.96. The molecule has 8 nitrogen and oxygen atoms in total. The molecule has 3 aromatic heterocycles. The Balaban J connectivity index is 1.38. The standard InChI is InChI=1S/C31H29FN6O2/c1-40-31(39)21-13-16-37(17-14-21)19-22-9-10-23(18-25(22)32)38-29(24-8-5-15-34-28(24)33)36-27-12-11-26(35-30(27)38)20-6-3-2-4-7-20/h2-12,15,18,21H,13-14,16-17,19H2,1H3,(H2,33,34). The zero-order valence-electron chi connectivity index (χ0n) is 22.1. The third-order valence-electron chi connectivity index (χ3n) is 7.46. The lowest BCUT2D eigenvalue weighted by atomic mass is 9.96. The molecule has 1 aliphatic rings. The summed E-state index contributed by atoms with van der Waals surface area (Å²) in [5.74, 6) is 0.287. The molecule has 1 fully saturated rings. The Hall–Kier alpha value is -4.63. The molecule has 0 bridgehead atoms. The minimum Gasteiger partial charge on any atom is -0.469 e. The highest BCUT2D eigenvalue weighted by Gasteiger charge is 2.26. The SMILES string of the molecule is COC(=O)C1CCN(Cc2ccc(-n3c(-c4cccnc4N)nc4ccc(-c5ccccc5)nc43)cc2F)CC1. The summed E-state index contributed by atoms with van der Waals surface area (Å²) in [6.07, 6.45) is 3.04. The Morgan fingerprint density at radius 1 is 1.02 bits per heavy atom. The number of halogens is 1. The Labute approximate surface area is 231 Å². The zero-order valence-corrected chi connectivity index (χ0v) is 22.1. The van der Waals surface area contributed by atoms with E-state index in [0.717, 1.165) is 11.3 Å². The van der Waals surface area contributed by atoms with Gasteiger partial charge in [-0.3, -0.25) is 14.3 Å². The number of piperidine rings is 1. The fourth-order valence-corrected chi connectivity index (χ4v) is 5.30. The molecule has 0 spiro atoms. The van der Waals surface area contributed by atoms with Crippen LogP contribution < -0.4 is 5.73 Å². The van der Waals surface area contributed by atoms with E-state index >= 15 is 4.39 Å². The molecule has 0 atom stereocenters. The van der Waals surface area contributed by atoms with Crippen molar-refractivity contribution in [1.82, 2.24) is 24.4 Å². The number of rotatable bonds is 6. The van der Waals surface area contributed by atoms with Gasteiger partial charge in [0, 0.05) is 23.9 Å². The second-order valence-electron chi connectivity index (χ2n) is 9.96. The summed E-state index contributed by atoms with van der Waals surface area (Å²) in [6.45, 7) is 1.89. The third kappa shape index (κ3) is 4.91. The van der Waals surface area contributed by atoms with Crippen molar-refractivity contribution >= 4 is 23.0 Å². The maximum atomic E-state index is 15.6. The minimum absolute atomic E-state index is 0.0883. The topological polar surface area (TPSA) is 99.2 Å². The molecule has 202 valence electrons. The number of pyridine rings is 2. The van der Waals surface area contributed by atoms with Gasteiger partial charge >= 0.3 is 5.97 Å². The molecule has 2 N–H and O–H groups in total. The number of hydrogen-bond donors (Lipinski definition) is 1. The summed E-state index contributed by atoms with van der Waals surface area (Å²) in [6, 6.07) is 22.6. The van der Waals surface area contributed by atoms with Crippen molar-refractivity contribution in [2.24, 2.45) is 5.92 Å². The summed E-state index contributed by atoms with van der Waals surface area (Å²) in [4.78, 5) is 28.0. The van der Waals surface area contributed by atoms with Gasteiger partial charge in [-0.15, -0.1) is 0 Å². The number of methoxy groups -OCH3 is 1. The lowest BCUT2D eigenvalue weighted by molar-refractivity contribution is -0.147. The van der Waals surface area contributed by atoms with E-state index in [1.54, 1.807) is 18.3 Å². The first-order chi connectivity index (χ1) is 19.5. The largest absolute Gasteiger partial charge is 0.469 e. The van der Waals surface area contributed by atoms with E-state index in [1.165, 1.54) is 13.2 Å². The Morgan fingerprint density at radius 2 is 1.82 bits per heavy atom. The number of fused-ring (bicyclic) bond motifs is 1. The number of carbonyl (C=O) groups excluding carboxylic acids is 1. The van der Waals surface area contributed by atoms with Crippen LogP contribution in [0.4, 0.5) is 10.2 Å². The molecule has 1 saturated heterocycles. The second kappa shape index (κ2) is 10.9. The van der Waals surface area contributed by atoms with E-state index in [-0.39, 0.29) is 17.7 Å². The van der Waals surface area contributed by atoms with E-state index in [4.69, 9.17) is 20.4 Å². The van der Waals surface area contributed by atoms with Crippen LogP contribution in [0, 0.1) is 11.7 Å². The molecular weight excluding hydrogens is 507 g/mol. The second-order valence-corrected chi connectivity index (χ2v) is 9.96. The van der Waals surface area contributed by atoms with Crippen LogP contribution in [0.2, 0.25) is 0 Å². The Bertz CT molecular complexity index is 1680. The van der Waals surface area contributed by atoms with E-state index in [2.05, 4.69) is 9.88 Å². The zero-order chi connectivity index (χ0) is 27.6. The van der Waals surface area contributed by atoms with Crippen molar-refractivity contribution in [3.8, 4) is 28.3 Å². The number of esters is 1. The van der Waals surface area contributed by atoms with Crippen molar-refractivity contribution in [2.45, 2.75) is 19.4 Å². The smallest absolute Gasteiger partial charge is 0.308 e. The molecule has 5 aromatic rings. The number of nitrogen functional groups attached to an aromatic ring is 1. The van der Waals surface area contributed by atoms with Gasteiger partial charge in [0.05, 0.1) is 30.0 Å². The van der Waals surface area contributed by atoms with Gasteiger partial charge in [-0.25, -0.2) is 19.3 Å². The molecule has 0 unspecified atom stereocenters. The molecule has 9 heteroatoms. The van der Waals surface area contributed by atoms with Crippen LogP contribution >= 0.6 is 0 Å². The minimum atomic E-state index is -0.321. The van der Waals surface area contributed by atoms with Crippen molar-refractivity contribution in [2.75, 3.05) is 25.9 Å². The van der Waals surface area contributed by atoms with Crippen LogP contribution in [0.5, 0.6) is 0 Å². The first kappa shape index (κ1) is 25.6. The average molecular weight is 537 g/mol.